The highest BCUT2D eigenvalue weighted by molar-refractivity contribution is 5.24. The Bertz CT molecular complexity index is 316. The fourth-order valence-corrected chi connectivity index (χ4v) is 1.49. The predicted molar refractivity (Wildman–Crippen MR) is 59.7 cm³/mol. The molecule has 0 amide bonds. The third-order valence-electron chi connectivity index (χ3n) is 2.51. The Labute approximate surface area is 91.1 Å². The van der Waals surface area contributed by atoms with Gasteiger partial charge in [-0.1, -0.05) is 0 Å². The number of nitrogens with zero attached hydrogens (tertiary/aromatic N) is 2. The summed E-state index contributed by atoms with van der Waals surface area (Å²) in [4.78, 5) is 8.89. The number of aromatic nitrogens is 2. The van der Waals surface area contributed by atoms with Crippen molar-refractivity contribution < 1.29 is 4.74 Å². The van der Waals surface area contributed by atoms with Crippen molar-refractivity contribution in [1.82, 2.24) is 15.3 Å². The monoisotopic (exact) mass is 209 g/mol. The summed E-state index contributed by atoms with van der Waals surface area (Å²) in [6, 6.07) is 0. The second-order valence-corrected chi connectivity index (χ2v) is 3.64. The molecule has 15 heavy (non-hydrogen) atoms. The van der Waals surface area contributed by atoms with Crippen molar-refractivity contribution in [3.63, 3.8) is 0 Å². The summed E-state index contributed by atoms with van der Waals surface area (Å²) in [7, 11) is 3.59. The van der Waals surface area contributed by atoms with Crippen LogP contribution in [0, 0.1) is 13.8 Å². The Morgan fingerprint density at radius 2 is 1.80 bits per heavy atom. The molecular weight excluding hydrogens is 190 g/mol. The molecule has 1 atom stereocenters. The molecule has 4 nitrogen and oxygen atoms in total. The Morgan fingerprint density at radius 3 is 2.20 bits per heavy atom. The van der Waals surface area contributed by atoms with Crippen molar-refractivity contribution in [2.45, 2.75) is 33.4 Å². The van der Waals surface area contributed by atoms with Crippen molar-refractivity contribution in [1.29, 1.82) is 0 Å². The van der Waals surface area contributed by atoms with Crippen LogP contribution in [-0.4, -0.2) is 24.1 Å². The Hall–Kier alpha value is -1.00. The summed E-state index contributed by atoms with van der Waals surface area (Å²) in [5.41, 5.74) is 3.22. The van der Waals surface area contributed by atoms with Gasteiger partial charge < -0.3 is 10.1 Å². The molecule has 4 heteroatoms. The van der Waals surface area contributed by atoms with Gasteiger partial charge >= 0.3 is 0 Å². The third-order valence-corrected chi connectivity index (χ3v) is 2.51. The molecule has 0 saturated carbocycles. The molecule has 0 spiro atoms. The van der Waals surface area contributed by atoms with E-state index in [4.69, 9.17) is 4.74 Å². The lowest BCUT2D eigenvalue weighted by Gasteiger charge is -2.13. The second kappa shape index (κ2) is 5.19. The number of methoxy groups -OCH3 is 1. The van der Waals surface area contributed by atoms with Crippen LogP contribution in [0.3, 0.4) is 0 Å². The van der Waals surface area contributed by atoms with Crippen LogP contribution in [0.25, 0.3) is 0 Å². The van der Waals surface area contributed by atoms with E-state index in [2.05, 4.69) is 15.3 Å². The van der Waals surface area contributed by atoms with Gasteiger partial charge in [0.1, 0.15) is 6.10 Å². The van der Waals surface area contributed by atoms with Crippen molar-refractivity contribution in [3.05, 3.63) is 22.8 Å². The predicted octanol–water partition coefficient (Wildman–Crippen LogP) is 1.52. The maximum atomic E-state index is 5.21. The topological polar surface area (TPSA) is 47.0 Å². The summed E-state index contributed by atoms with van der Waals surface area (Å²) in [6.07, 6.45) is -0.0500. The van der Waals surface area contributed by atoms with E-state index >= 15 is 0 Å². The van der Waals surface area contributed by atoms with E-state index in [0.29, 0.717) is 0 Å². The van der Waals surface area contributed by atoms with E-state index in [1.165, 1.54) is 5.56 Å². The molecule has 0 aliphatic carbocycles. The maximum absolute atomic E-state index is 5.21. The molecule has 0 aliphatic heterocycles. The van der Waals surface area contributed by atoms with Crippen molar-refractivity contribution >= 4 is 0 Å². The van der Waals surface area contributed by atoms with Crippen molar-refractivity contribution in [2.75, 3.05) is 14.2 Å². The van der Waals surface area contributed by atoms with Gasteiger partial charge in [0.2, 0.25) is 0 Å². The van der Waals surface area contributed by atoms with Gasteiger partial charge in [-0.25, -0.2) is 9.97 Å². The smallest absolute Gasteiger partial charge is 0.157 e. The van der Waals surface area contributed by atoms with E-state index < -0.39 is 0 Å². The lowest BCUT2D eigenvalue weighted by atomic mass is 10.1. The average molecular weight is 209 g/mol. The van der Waals surface area contributed by atoms with Crippen LogP contribution in [0.1, 0.15) is 35.8 Å². The number of hydrogen-bond acceptors (Lipinski definition) is 4. The summed E-state index contributed by atoms with van der Waals surface area (Å²) >= 11 is 0. The molecule has 1 heterocycles. The number of rotatable bonds is 4. The lowest BCUT2D eigenvalue weighted by molar-refractivity contribution is 0.111. The summed E-state index contributed by atoms with van der Waals surface area (Å²) in [5, 5.41) is 3.12. The van der Waals surface area contributed by atoms with Gasteiger partial charge in [-0.05, 0) is 27.8 Å². The Morgan fingerprint density at radius 1 is 1.27 bits per heavy atom. The molecule has 0 saturated heterocycles. The van der Waals surface area contributed by atoms with E-state index in [0.717, 1.165) is 23.8 Å². The number of nitrogens with one attached hydrogen (secondary N) is 1. The highest BCUT2D eigenvalue weighted by Crippen LogP contribution is 2.15. The minimum Gasteiger partial charge on any atom is -0.374 e. The van der Waals surface area contributed by atoms with Crippen LogP contribution in [0.15, 0.2) is 0 Å². The van der Waals surface area contributed by atoms with Gasteiger partial charge in [-0.3, -0.25) is 0 Å². The van der Waals surface area contributed by atoms with Gasteiger partial charge in [-0.2, -0.15) is 0 Å². The Balaban J connectivity index is 3.07. The molecular formula is C11H19N3O. The zero-order valence-electron chi connectivity index (χ0n) is 10.1. The van der Waals surface area contributed by atoms with E-state index in [1.54, 1.807) is 7.11 Å². The van der Waals surface area contributed by atoms with Gasteiger partial charge in [0.15, 0.2) is 5.82 Å². The fraction of sp³-hybridized carbons (Fsp3) is 0.636. The first-order valence-corrected chi connectivity index (χ1v) is 5.11. The number of aryl methyl sites for hydroxylation is 2. The van der Waals surface area contributed by atoms with Gasteiger partial charge in [0.05, 0.1) is 0 Å². The normalized spacial score (nSPS) is 12.9. The highest BCUT2D eigenvalue weighted by Gasteiger charge is 2.12. The lowest BCUT2D eigenvalue weighted by Crippen LogP contribution is -2.14. The molecule has 1 aromatic rings. The minimum atomic E-state index is -0.0500. The van der Waals surface area contributed by atoms with Crippen molar-refractivity contribution in [3.8, 4) is 0 Å². The van der Waals surface area contributed by atoms with Crippen molar-refractivity contribution in [2.24, 2.45) is 0 Å². The second-order valence-electron chi connectivity index (χ2n) is 3.64. The highest BCUT2D eigenvalue weighted by atomic mass is 16.5. The van der Waals surface area contributed by atoms with Gasteiger partial charge in [0.25, 0.3) is 0 Å². The first kappa shape index (κ1) is 12.1. The van der Waals surface area contributed by atoms with Gasteiger partial charge in [-0.15, -0.1) is 0 Å². The molecule has 1 unspecified atom stereocenters. The molecule has 0 bridgehead atoms. The summed E-state index contributed by atoms with van der Waals surface area (Å²) in [6.45, 7) is 6.77. The third kappa shape index (κ3) is 2.73. The number of hydrogen-bond donors (Lipinski definition) is 1. The molecule has 0 aliphatic rings. The van der Waals surface area contributed by atoms with E-state index in [1.807, 2.05) is 27.8 Å². The average Bonchev–Trinajstić information content (AvgIpc) is 2.22. The first-order valence-electron chi connectivity index (χ1n) is 5.11. The van der Waals surface area contributed by atoms with Crippen LogP contribution in [0.4, 0.5) is 0 Å². The number of ether oxygens (including phenoxy) is 1. The molecule has 0 radical (unpaired) electrons. The molecule has 0 aromatic carbocycles. The molecule has 1 N–H and O–H groups in total. The largest absolute Gasteiger partial charge is 0.374 e. The van der Waals surface area contributed by atoms with Gasteiger partial charge in [0, 0.05) is 30.6 Å². The molecule has 1 aromatic heterocycles. The molecule has 1 rings (SSSR count). The summed E-state index contributed by atoms with van der Waals surface area (Å²) < 4.78 is 5.21. The van der Waals surface area contributed by atoms with E-state index in [-0.39, 0.29) is 6.10 Å². The maximum Gasteiger partial charge on any atom is 0.157 e. The standard InChI is InChI=1S/C11H19N3O/c1-7-10(6-12-4)8(2)14-11(13-7)9(3)15-5/h9,12H,6H2,1-5H3. The first-order chi connectivity index (χ1) is 7.10. The van der Waals surface area contributed by atoms with Crippen LogP contribution < -0.4 is 5.32 Å². The van der Waals surface area contributed by atoms with Crippen LogP contribution >= 0.6 is 0 Å². The van der Waals surface area contributed by atoms with Crippen LogP contribution in [-0.2, 0) is 11.3 Å². The van der Waals surface area contributed by atoms with E-state index in [9.17, 15) is 0 Å². The zero-order chi connectivity index (χ0) is 11.4. The SMILES string of the molecule is CNCc1c(C)nc(C(C)OC)nc1C. The summed E-state index contributed by atoms with van der Waals surface area (Å²) in [5.74, 6) is 0.757. The minimum absolute atomic E-state index is 0.0500. The van der Waals surface area contributed by atoms with Crippen LogP contribution in [0.5, 0.6) is 0 Å². The zero-order valence-corrected chi connectivity index (χ0v) is 10.1. The molecule has 0 fully saturated rings. The quantitative estimate of drug-likeness (QED) is 0.816. The molecule has 84 valence electrons. The Kier molecular flexibility index (Phi) is 4.17. The fourth-order valence-electron chi connectivity index (χ4n) is 1.49. The van der Waals surface area contributed by atoms with Crippen LogP contribution in [0.2, 0.25) is 0 Å².